The number of thiophene rings is 1. The molecule has 2 aliphatic heterocycles. The Morgan fingerprint density at radius 2 is 1.78 bits per heavy atom. The van der Waals surface area contributed by atoms with Crippen LogP contribution < -0.4 is 4.74 Å². The summed E-state index contributed by atoms with van der Waals surface area (Å²) >= 11 is 1.75. The van der Waals surface area contributed by atoms with E-state index in [4.69, 9.17) is 4.74 Å². The summed E-state index contributed by atoms with van der Waals surface area (Å²) < 4.78 is 6.22. The van der Waals surface area contributed by atoms with Crippen molar-refractivity contribution in [2.45, 2.75) is 58.9 Å². The van der Waals surface area contributed by atoms with Crippen LogP contribution in [0.1, 0.15) is 68.5 Å². The highest BCUT2D eigenvalue weighted by atomic mass is 32.1. The maximum Gasteiger partial charge on any atom is 0.242 e. The second kappa shape index (κ2) is 12.2. The monoisotopic (exact) mass is 511 g/mol. The second-order valence-corrected chi connectivity index (χ2v) is 11.7. The predicted octanol–water partition coefficient (Wildman–Crippen LogP) is 4.96. The molecule has 0 saturated carbocycles. The van der Waals surface area contributed by atoms with Crippen LogP contribution in [0.3, 0.4) is 0 Å². The zero-order chi connectivity index (χ0) is 25.7. The lowest BCUT2D eigenvalue weighted by Crippen LogP contribution is -2.49. The molecule has 2 aliphatic rings. The van der Waals surface area contributed by atoms with Gasteiger partial charge < -0.3 is 19.4 Å². The van der Waals surface area contributed by atoms with E-state index in [0.717, 1.165) is 31.8 Å². The molecule has 7 heteroatoms. The van der Waals surface area contributed by atoms with Gasteiger partial charge in [-0.15, -0.1) is 11.3 Å². The average Bonchev–Trinajstić information content (AvgIpc) is 3.56. The molecule has 0 aliphatic carbocycles. The number of hydrogen-bond donors (Lipinski definition) is 0. The van der Waals surface area contributed by atoms with Gasteiger partial charge in [0.1, 0.15) is 12.4 Å². The minimum Gasteiger partial charge on any atom is -0.491 e. The van der Waals surface area contributed by atoms with Crippen LogP contribution >= 0.6 is 11.3 Å². The van der Waals surface area contributed by atoms with Gasteiger partial charge in [-0.1, -0.05) is 39.8 Å². The average molecular weight is 512 g/mol. The van der Waals surface area contributed by atoms with E-state index in [1.54, 1.807) is 16.2 Å². The van der Waals surface area contributed by atoms with Crippen molar-refractivity contribution in [3.05, 3.63) is 51.7 Å². The molecule has 1 saturated heterocycles. The Morgan fingerprint density at radius 3 is 2.44 bits per heavy atom. The highest BCUT2D eigenvalue weighted by Crippen LogP contribution is 2.34. The summed E-state index contributed by atoms with van der Waals surface area (Å²) in [6, 6.07) is 10.2. The quantitative estimate of drug-likeness (QED) is 0.453. The number of carbonyl (C=O) groups excluding carboxylic acids is 2. The third-order valence-electron chi connectivity index (χ3n) is 7.39. The van der Waals surface area contributed by atoms with E-state index in [0.29, 0.717) is 25.6 Å². The van der Waals surface area contributed by atoms with Crippen LogP contribution in [0.2, 0.25) is 0 Å². The number of rotatable bonds is 10. The molecule has 4 rings (SSSR count). The van der Waals surface area contributed by atoms with Crippen LogP contribution in [-0.4, -0.2) is 72.4 Å². The fourth-order valence-corrected chi connectivity index (χ4v) is 6.08. The third kappa shape index (κ3) is 6.48. The third-order valence-corrected chi connectivity index (χ3v) is 8.38. The van der Waals surface area contributed by atoms with Crippen LogP contribution in [0, 0.1) is 5.92 Å². The summed E-state index contributed by atoms with van der Waals surface area (Å²) in [7, 11) is 0. The van der Waals surface area contributed by atoms with Gasteiger partial charge in [0.15, 0.2) is 0 Å². The van der Waals surface area contributed by atoms with Crippen molar-refractivity contribution in [2.24, 2.45) is 5.92 Å². The normalized spacial score (nSPS) is 18.1. The molecule has 2 aromatic rings. The number of hydrogen-bond acceptors (Lipinski definition) is 5. The lowest BCUT2D eigenvalue weighted by Gasteiger charge is -2.37. The molecule has 0 spiro atoms. The summed E-state index contributed by atoms with van der Waals surface area (Å²) in [5, 5.41) is 2.10. The summed E-state index contributed by atoms with van der Waals surface area (Å²) in [4.78, 5) is 34.1. The highest BCUT2D eigenvalue weighted by Gasteiger charge is 2.34. The zero-order valence-corrected chi connectivity index (χ0v) is 23.1. The van der Waals surface area contributed by atoms with Crippen molar-refractivity contribution in [1.82, 2.24) is 14.7 Å². The minimum absolute atomic E-state index is 0.00558. The largest absolute Gasteiger partial charge is 0.491 e. The van der Waals surface area contributed by atoms with Gasteiger partial charge >= 0.3 is 0 Å². The number of fused-ring (bicyclic) bond motifs is 1. The smallest absolute Gasteiger partial charge is 0.242 e. The van der Waals surface area contributed by atoms with E-state index in [2.05, 4.69) is 42.3 Å². The Morgan fingerprint density at radius 1 is 1.06 bits per heavy atom. The number of likely N-dealkylation sites (tertiary alicyclic amines) is 1. The minimum atomic E-state index is -0.146. The van der Waals surface area contributed by atoms with Crippen molar-refractivity contribution in [1.29, 1.82) is 0 Å². The maximum absolute atomic E-state index is 13.7. The molecular weight excluding hydrogens is 470 g/mol. The molecule has 6 nitrogen and oxygen atoms in total. The fraction of sp³-hybridized carbons (Fsp3) is 0.586. The van der Waals surface area contributed by atoms with Crippen LogP contribution in [0.4, 0.5) is 0 Å². The molecule has 2 amide bonds. The lowest BCUT2D eigenvalue weighted by molar-refractivity contribution is -0.144. The van der Waals surface area contributed by atoms with Gasteiger partial charge in [0.05, 0.1) is 12.6 Å². The Labute approximate surface area is 220 Å². The number of nitrogens with zero attached hydrogens (tertiary/aromatic N) is 3. The summed E-state index contributed by atoms with van der Waals surface area (Å²) in [5.74, 6) is 1.21. The van der Waals surface area contributed by atoms with Gasteiger partial charge in [-0.3, -0.25) is 9.59 Å². The lowest BCUT2D eigenvalue weighted by atomic mass is 10.00. The number of carbonyl (C=O) groups is 2. The van der Waals surface area contributed by atoms with Crippen LogP contribution in [0.5, 0.6) is 5.75 Å². The zero-order valence-electron chi connectivity index (χ0n) is 22.2. The van der Waals surface area contributed by atoms with E-state index in [1.165, 1.54) is 28.8 Å². The molecule has 0 unspecified atom stereocenters. The first-order valence-corrected chi connectivity index (χ1v) is 14.3. The first-order chi connectivity index (χ1) is 17.3. The molecule has 1 fully saturated rings. The molecule has 0 N–H and O–H groups in total. The van der Waals surface area contributed by atoms with E-state index in [1.807, 2.05) is 30.9 Å². The first kappa shape index (κ1) is 26.7. The second-order valence-electron chi connectivity index (χ2n) is 10.7. The Balaban J connectivity index is 1.45. The molecule has 36 heavy (non-hydrogen) atoms. The standard InChI is InChI=1S/C29H41N3O3S/c1-21(2)23-7-9-24(10-8-23)35-20-26-25-12-18-36-27(25)11-15-32(26)28(33)19-31(29(34)22(3)4)17-16-30-13-5-6-14-30/h7-10,12,18,21-22,26H,5-6,11,13-17,19-20H2,1-4H3/t26-/m1/s1. The van der Waals surface area contributed by atoms with Gasteiger partial charge in [-0.2, -0.15) is 0 Å². The molecular formula is C29H41N3O3S. The van der Waals surface area contributed by atoms with E-state index in [-0.39, 0.29) is 30.3 Å². The fourth-order valence-electron chi connectivity index (χ4n) is 5.15. The topological polar surface area (TPSA) is 53.1 Å². The van der Waals surface area contributed by atoms with Gasteiger partial charge in [0, 0.05) is 30.4 Å². The van der Waals surface area contributed by atoms with Gasteiger partial charge in [0.25, 0.3) is 0 Å². The van der Waals surface area contributed by atoms with Crippen molar-refractivity contribution in [2.75, 3.05) is 45.9 Å². The summed E-state index contributed by atoms with van der Waals surface area (Å²) in [5.41, 5.74) is 2.46. The van der Waals surface area contributed by atoms with Crippen molar-refractivity contribution < 1.29 is 14.3 Å². The molecule has 1 aromatic heterocycles. The Kier molecular flexibility index (Phi) is 9.07. The van der Waals surface area contributed by atoms with Crippen molar-refractivity contribution in [3.63, 3.8) is 0 Å². The predicted molar refractivity (Wildman–Crippen MR) is 146 cm³/mol. The van der Waals surface area contributed by atoms with Crippen LogP contribution in [-0.2, 0) is 16.0 Å². The Hall–Kier alpha value is -2.38. The van der Waals surface area contributed by atoms with Gasteiger partial charge in [0.2, 0.25) is 11.8 Å². The van der Waals surface area contributed by atoms with E-state index in [9.17, 15) is 9.59 Å². The number of amides is 2. The van der Waals surface area contributed by atoms with Crippen LogP contribution in [0.25, 0.3) is 0 Å². The van der Waals surface area contributed by atoms with Gasteiger partial charge in [-0.05, 0) is 73.0 Å². The van der Waals surface area contributed by atoms with Crippen molar-refractivity contribution in [3.8, 4) is 5.75 Å². The Bertz CT molecular complexity index is 1010. The van der Waals surface area contributed by atoms with E-state index >= 15 is 0 Å². The molecule has 0 bridgehead atoms. The SMILES string of the molecule is CC(C)C(=O)N(CCN1CCCC1)CC(=O)N1CCc2sccc2[C@H]1COc1ccc(C(C)C)cc1. The summed E-state index contributed by atoms with van der Waals surface area (Å²) in [6.07, 6.45) is 3.29. The molecule has 3 heterocycles. The molecule has 1 aromatic carbocycles. The number of ether oxygens (including phenoxy) is 1. The highest BCUT2D eigenvalue weighted by molar-refractivity contribution is 7.10. The van der Waals surface area contributed by atoms with E-state index < -0.39 is 0 Å². The van der Waals surface area contributed by atoms with Crippen LogP contribution in [0.15, 0.2) is 35.7 Å². The summed E-state index contributed by atoms with van der Waals surface area (Å²) in [6.45, 7) is 13.0. The maximum atomic E-state index is 13.7. The number of benzene rings is 1. The first-order valence-electron chi connectivity index (χ1n) is 13.4. The van der Waals surface area contributed by atoms with Gasteiger partial charge in [-0.25, -0.2) is 0 Å². The molecule has 1 atom stereocenters. The molecule has 196 valence electrons. The molecule has 0 radical (unpaired) electrons. The van der Waals surface area contributed by atoms with Crippen molar-refractivity contribution >= 4 is 23.2 Å².